The van der Waals surface area contributed by atoms with E-state index in [1.54, 1.807) is 18.4 Å². The van der Waals surface area contributed by atoms with Gasteiger partial charge in [-0.3, -0.25) is 4.79 Å². The highest BCUT2D eigenvalue weighted by Crippen LogP contribution is 2.30. The van der Waals surface area contributed by atoms with Crippen LogP contribution in [0.5, 0.6) is 0 Å². The van der Waals surface area contributed by atoms with E-state index < -0.39 is 0 Å². The van der Waals surface area contributed by atoms with Crippen LogP contribution in [0.4, 0.5) is 0 Å². The smallest absolute Gasteiger partial charge is 0.222 e. The van der Waals surface area contributed by atoms with Crippen molar-refractivity contribution in [2.24, 2.45) is 0 Å². The van der Waals surface area contributed by atoms with E-state index in [0.717, 1.165) is 53.5 Å². The minimum absolute atomic E-state index is 0.221. The highest BCUT2D eigenvalue weighted by Gasteiger charge is 2.26. The number of carbonyl (C=O) groups is 1. The molecule has 152 valence electrons. The number of benzene rings is 1. The number of carbonyl (C=O) groups excluding carboxylic acids is 1. The van der Waals surface area contributed by atoms with Crippen molar-refractivity contribution in [2.45, 2.75) is 45.1 Å². The minimum atomic E-state index is 0.221. The van der Waals surface area contributed by atoms with Crippen LogP contribution in [0, 0.1) is 6.92 Å². The van der Waals surface area contributed by atoms with Crippen molar-refractivity contribution in [2.75, 3.05) is 20.2 Å². The molecule has 0 N–H and O–H groups in total. The van der Waals surface area contributed by atoms with Crippen LogP contribution in [0.1, 0.15) is 47.3 Å². The van der Waals surface area contributed by atoms with Crippen LogP contribution in [0.15, 0.2) is 30.5 Å². The zero-order valence-electron chi connectivity index (χ0n) is 16.9. The summed E-state index contributed by atoms with van der Waals surface area (Å²) in [5.74, 6) is 1.36. The van der Waals surface area contributed by atoms with Crippen molar-refractivity contribution in [3.63, 3.8) is 0 Å². The molecule has 0 radical (unpaired) electrons. The second-order valence-corrected chi connectivity index (χ2v) is 8.61. The first-order chi connectivity index (χ1) is 14.1. The van der Waals surface area contributed by atoms with E-state index in [0.29, 0.717) is 25.4 Å². The summed E-state index contributed by atoms with van der Waals surface area (Å²) in [4.78, 5) is 28.3. The zero-order chi connectivity index (χ0) is 20.2. The summed E-state index contributed by atoms with van der Waals surface area (Å²) in [6.07, 6.45) is 4.96. The summed E-state index contributed by atoms with van der Waals surface area (Å²) in [5.41, 5.74) is 3.16. The quantitative estimate of drug-likeness (QED) is 0.617. The van der Waals surface area contributed by atoms with E-state index in [4.69, 9.17) is 4.74 Å². The van der Waals surface area contributed by atoms with Crippen LogP contribution >= 0.6 is 11.3 Å². The lowest BCUT2D eigenvalue weighted by atomic mass is 9.90. The summed E-state index contributed by atoms with van der Waals surface area (Å²) < 4.78 is 6.49. The lowest BCUT2D eigenvalue weighted by molar-refractivity contribution is -0.132. The molecule has 0 unspecified atom stereocenters. The van der Waals surface area contributed by atoms with Crippen LogP contribution in [-0.2, 0) is 22.6 Å². The van der Waals surface area contributed by atoms with Gasteiger partial charge in [0.25, 0.3) is 0 Å². The van der Waals surface area contributed by atoms with Crippen molar-refractivity contribution in [3.05, 3.63) is 52.6 Å². The predicted octanol–water partition coefficient (Wildman–Crippen LogP) is 3.88. The molecule has 3 aromatic rings. The van der Waals surface area contributed by atoms with E-state index in [1.165, 1.54) is 4.70 Å². The van der Waals surface area contributed by atoms with Crippen LogP contribution in [0.25, 0.3) is 10.2 Å². The van der Waals surface area contributed by atoms with Crippen LogP contribution in [0.3, 0.4) is 0 Å². The maximum Gasteiger partial charge on any atom is 0.222 e. The van der Waals surface area contributed by atoms with Crippen molar-refractivity contribution >= 4 is 27.5 Å². The third-order valence-corrected chi connectivity index (χ3v) is 6.54. The Hall–Kier alpha value is -2.38. The molecule has 1 amide bonds. The molecule has 0 aliphatic carbocycles. The summed E-state index contributed by atoms with van der Waals surface area (Å²) in [5, 5.41) is 1.04. The first-order valence-electron chi connectivity index (χ1n) is 10.1. The number of aromatic nitrogens is 3. The lowest BCUT2D eigenvalue weighted by Gasteiger charge is -2.32. The SMILES string of the molecule is COCc1cnc(C)nc1C1CCN(C(=O)CCc2nc3ccccc3s2)CC1. The van der Waals surface area contributed by atoms with Gasteiger partial charge in [0.1, 0.15) is 5.82 Å². The summed E-state index contributed by atoms with van der Waals surface area (Å²) in [6, 6.07) is 8.12. The predicted molar refractivity (Wildman–Crippen MR) is 114 cm³/mol. The van der Waals surface area contributed by atoms with Crippen LogP contribution < -0.4 is 0 Å². The number of likely N-dealkylation sites (tertiary alicyclic amines) is 1. The number of aryl methyl sites for hydroxylation is 2. The molecule has 3 heterocycles. The second kappa shape index (κ2) is 8.97. The van der Waals surface area contributed by atoms with Crippen LogP contribution in [0.2, 0.25) is 0 Å². The number of ether oxygens (including phenoxy) is 1. The number of fused-ring (bicyclic) bond motifs is 1. The van der Waals surface area contributed by atoms with Gasteiger partial charge in [0, 0.05) is 50.7 Å². The van der Waals surface area contributed by atoms with Gasteiger partial charge in [-0.1, -0.05) is 12.1 Å². The molecule has 0 saturated carbocycles. The number of hydrogen-bond acceptors (Lipinski definition) is 6. The first kappa shape index (κ1) is 19.9. The fourth-order valence-electron chi connectivity index (χ4n) is 3.93. The molecule has 1 aliphatic heterocycles. The van der Waals surface area contributed by atoms with Crippen LogP contribution in [-0.4, -0.2) is 46.0 Å². The number of amides is 1. The van der Waals surface area contributed by atoms with E-state index in [-0.39, 0.29) is 5.91 Å². The second-order valence-electron chi connectivity index (χ2n) is 7.49. The number of piperidine rings is 1. The molecule has 4 rings (SSSR count). The van der Waals surface area contributed by atoms with Crippen molar-refractivity contribution < 1.29 is 9.53 Å². The molecule has 1 saturated heterocycles. The molecule has 7 heteroatoms. The van der Waals surface area contributed by atoms with Crippen molar-refractivity contribution in [3.8, 4) is 0 Å². The maximum atomic E-state index is 12.7. The Balaban J connectivity index is 1.33. The van der Waals surface area contributed by atoms with Crippen molar-refractivity contribution in [1.82, 2.24) is 19.9 Å². The third kappa shape index (κ3) is 4.62. The molecule has 0 atom stereocenters. The molecular weight excluding hydrogens is 384 g/mol. The Morgan fingerprint density at radius 3 is 2.79 bits per heavy atom. The van der Waals surface area contributed by atoms with Gasteiger partial charge in [0.15, 0.2) is 0 Å². The summed E-state index contributed by atoms with van der Waals surface area (Å²) in [6.45, 7) is 4.00. The lowest BCUT2D eigenvalue weighted by Crippen LogP contribution is -2.38. The molecule has 0 bridgehead atoms. The number of rotatable bonds is 6. The van der Waals surface area contributed by atoms with E-state index in [1.807, 2.05) is 36.2 Å². The van der Waals surface area contributed by atoms with E-state index >= 15 is 0 Å². The van der Waals surface area contributed by atoms with Gasteiger partial charge >= 0.3 is 0 Å². The zero-order valence-corrected chi connectivity index (χ0v) is 17.7. The monoisotopic (exact) mass is 410 g/mol. The minimum Gasteiger partial charge on any atom is -0.380 e. The first-order valence-corrected chi connectivity index (χ1v) is 10.9. The molecule has 1 fully saturated rings. The van der Waals surface area contributed by atoms with Crippen molar-refractivity contribution in [1.29, 1.82) is 0 Å². The number of thiazole rings is 1. The summed E-state index contributed by atoms with van der Waals surface area (Å²) in [7, 11) is 1.69. The Morgan fingerprint density at radius 1 is 1.24 bits per heavy atom. The average molecular weight is 411 g/mol. The van der Waals surface area contributed by atoms with E-state index in [2.05, 4.69) is 21.0 Å². The number of para-hydroxylation sites is 1. The molecule has 0 spiro atoms. The highest BCUT2D eigenvalue weighted by molar-refractivity contribution is 7.18. The largest absolute Gasteiger partial charge is 0.380 e. The number of hydrogen-bond donors (Lipinski definition) is 0. The van der Waals surface area contributed by atoms with Gasteiger partial charge in [-0.15, -0.1) is 11.3 Å². The van der Waals surface area contributed by atoms with Gasteiger partial charge in [-0.05, 0) is 31.9 Å². The van der Waals surface area contributed by atoms with E-state index in [9.17, 15) is 4.79 Å². The fourth-order valence-corrected chi connectivity index (χ4v) is 4.90. The molecule has 29 heavy (non-hydrogen) atoms. The highest BCUT2D eigenvalue weighted by atomic mass is 32.1. The normalized spacial score (nSPS) is 15.2. The molecule has 1 aromatic carbocycles. The van der Waals surface area contributed by atoms with Gasteiger partial charge in [-0.2, -0.15) is 0 Å². The summed E-state index contributed by atoms with van der Waals surface area (Å²) >= 11 is 1.68. The third-order valence-electron chi connectivity index (χ3n) is 5.44. The van der Waals surface area contributed by atoms with Gasteiger partial charge in [0.2, 0.25) is 5.91 Å². The molecule has 2 aromatic heterocycles. The van der Waals surface area contributed by atoms with Gasteiger partial charge in [0.05, 0.1) is 27.5 Å². The Kier molecular flexibility index (Phi) is 6.16. The van der Waals surface area contributed by atoms with Gasteiger partial charge < -0.3 is 9.64 Å². The average Bonchev–Trinajstić information content (AvgIpc) is 3.16. The van der Waals surface area contributed by atoms with Gasteiger partial charge in [-0.25, -0.2) is 15.0 Å². The number of methoxy groups -OCH3 is 1. The standard InChI is InChI=1S/C22H26N4O2S/c1-15-23-13-17(14-28-2)22(24-15)16-9-11-26(12-10-16)21(27)8-7-20-25-18-5-3-4-6-19(18)29-20/h3-6,13,16H,7-12,14H2,1-2H3. The number of nitrogens with zero attached hydrogens (tertiary/aromatic N) is 4. The molecule has 6 nitrogen and oxygen atoms in total. The fraction of sp³-hybridized carbons (Fsp3) is 0.455. The molecule has 1 aliphatic rings. The maximum absolute atomic E-state index is 12.7. The topological polar surface area (TPSA) is 68.2 Å². The molecular formula is C22H26N4O2S. The Morgan fingerprint density at radius 2 is 2.03 bits per heavy atom. The Labute approximate surface area is 175 Å². The Bertz CT molecular complexity index is 962.